The molecule has 1 heterocycles. The fourth-order valence-electron chi connectivity index (χ4n) is 3.38. The number of esters is 1. The molecule has 0 bridgehead atoms. The molecule has 0 saturated heterocycles. The van der Waals surface area contributed by atoms with Gasteiger partial charge in [-0.2, -0.15) is 0 Å². The van der Waals surface area contributed by atoms with Crippen molar-refractivity contribution in [1.29, 1.82) is 0 Å². The molecule has 0 aromatic heterocycles. The number of fused-ring (bicyclic) bond motifs is 1. The maximum atomic E-state index is 12.4. The number of carbonyl (C=O) groups excluding carboxylic acids is 2. The maximum absolute atomic E-state index is 12.4. The lowest BCUT2D eigenvalue weighted by Crippen LogP contribution is -2.35. The van der Waals surface area contributed by atoms with Gasteiger partial charge in [-0.1, -0.05) is 38.1 Å². The van der Waals surface area contributed by atoms with Gasteiger partial charge in [0.05, 0.1) is 12.5 Å². The molecule has 6 heteroatoms. The fourth-order valence-corrected chi connectivity index (χ4v) is 3.38. The van der Waals surface area contributed by atoms with Crippen molar-refractivity contribution in [3.63, 3.8) is 0 Å². The molecule has 3 rings (SSSR count). The van der Waals surface area contributed by atoms with E-state index in [4.69, 9.17) is 14.2 Å². The minimum absolute atomic E-state index is 0.141. The van der Waals surface area contributed by atoms with Gasteiger partial charge in [0.15, 0.2) is 18.1 Å². The summed E-state index contributed by atoms with van der Waals surface area (Å²) >= 11 is 0. The van der Waals surface area contributed by atoms with Crippen LogP contribution in [-0.4, -0.2) is 31.7 Å². The van der Waals surface area contributed by atoms with Crippen molar-refractivity contribution in [3.8, 4) is 11.5 Å². The number of nitrogens with one attached hydrogen (secondary N) is 1. The minimum Gasteiger partial charge on any atom is -0.486 e. The Hall–Kier alpha value is -3.02. The van der Waals surface area contributed by atoms with Gasteiger partial charge in [-0.25, -0.2) is 0 Å². The molecule has 1 amide bonds. The van der Waals surface area contributed by atoms with Crippen molar-refractivity contribution in [1.82, 2.24) is 5.32 Å². The molecule has 30 heavy (non-hydrogen) atoms. The predicted octanol–water partition coefficient (Wildman–Crippen LogP) is 3.67. The molecular weight excluding hydrogens is 382 g/mol. The van der Waals surface area contributed by atoms with Crippen LogP contribution in [-0.2, 0) is 20.7 Å². The molecule has 0 unspecified atom stereocenters. The van der Waals surface area contributed by atoms with E-state index in [1.54, 1.807) is 0 Å². The number of rotatable bonds is 7. The van der Waals surface area contributed by atoms with Crippen LogP contribution in [0.1, 0.15) is 42.1 Å². The van der Waals surface area contributed by atoms with Crippen LogP contribution in [0.2, 0.25) is 0 Å². The van der Waals surface area contributed by atoms with Gasteiger partial charge in [0.1, 0.15) is 13.2 Å². The van der Waals surface area contributed by atoms with E-state index in [0.29, 0.717) is 24.7 Å². The van der Waals surface area contributed by atoms with E-state index >= 15 is 0 Å². The summed E-state index contributed by atoms with van der Waals surface area (Å²) in [5, 5.41) is 2.96. The second kappa shape index (κ2) is 9.65. The van der Waals surface area contributed by atoms with Crippen molar-refractivity contribution < 1.29 is 23.8 Å². The first-order valence-corrected chi connectivity index (χ1v) is 10.2. The van der Waals surface area contributed by atoms with Crippen LogP contribution in [0, 0.1) is 19.8 Å². The third-order valence-electron chi connectivity index (χ3n) is 5.19. The first kappa shape index (κ1) is 21.7. The molecule has 0 saturated carbocycles. The van der Waals surface area contributed by atoms with Crippen LogP contribution in [0.4, 0.5) is 0 Å². The number of hydrogen-bond acceptors (Lipinski definition) is 5. The highest BCUT2D eigenvalue weighted by atomic mass is 16.6. The molecule has 1 aliphatic heterocycles. The Morgan fingerprint density at radius 3 is 2.43 bits per heavy atom. The molecule has 1 aliphatic rings. The van der Waals surface area contributed by atoms with E-state index in [1.807, 2.05) is 64.1 Å². The average molecular weight is 411 g/mol. The average Bonchev–Trinajstić information content (AvgIpc) is 2.72. The highest BCUT2D eigenvalue weighted by molar-refractivity contribution is 5.81. The normalized spacial score (nSPS) is 13.6. The van der Waals surface area contributed by atoms with Crippen LogP contribution in [0.15, 0.2) is 36.4 Å². The quantitative estimate of drug-likeness (QED) is 0.704. The predicted molar refractivity (Wildman–Crippen MR) is 114 cm³/mol. The van der Waals surface area contributed by atoms with Crippen LogP contribution in [0.25, 0.3) is 0 Å². The van der Waals surface area contributed by atoms with Crippen LogP contribution >= 0.6 is 0 Å². The molecule has 2 aromatic carbocycles. The Morgan fingerprint density at radius 1 is 1.00 bits per heavy atom. The van der Waals surface area contributed by atoms with Crippen LogP contribution in [0.5, 0.6) is 11.5 Å². The second-order valence-electron chi connectivity index (χ2n) is 7.95. The molecular formula is C24H29NO5. The SMILES string of the molecule is Cc1ccc(CC(=O)OCC(=O)N[C@@H](c2ccc3c(c2)OCCO3)C(C)C)cc1C. The number of carbonyl (C=O) groups is 2. The molecule has 1 N–H and O–H groups in total. The fraction of sp³-hybridized carbons (Fsp3) is 0.417. The smallest absolute Gasteiger partial charge is 0.310 e. The van der Waals surface area contributed by atoms with Gasteiger partial charge in [0.2, 0.25) is 0 Å². The van der Waals surface area contributed by atoms with Gasteiger partial charge in [-0.15, -0.1) is 0 Å². The highest BCUT2D eigenvalue weighted by Gasteiger charge is 2.22. The zero-order valence-corrected chi connectivity index (χ0v) is 18.0. The number of amides is 1. The molecule has 160 valence electrons. The number of benzene rings is 2. The minimum atomic E-state index is -0.422. The number of ether oxygens (including phenoxy) is 3. The summed E-state index contributed by atoms with van der Waals surface area (Å²) in [5.74, 6) is 0.770. The van der Waals surface area contributed by atoms with Crippen LogP contribution in [0.3, 0.4) is 0 Å². The number of hydrogen-bond donors (Lipinski definition) is 1. The first-order valence-electron chi connectivity index (χ1n) is 10.2. The largest absolute Gasteiger partial charge is 0.486 e. The first-order chi connectivity index (χ1) is 14.3. The summed E-state index contributed by atoms with van der Waals surface area (Å²) in [7, 11) is 0. The Morgan fingerprint density at radius 2 is 1.73 bits per heavy atom. The zero-order chi connectivity index (χ0) is 21.7. The van der Waals surface area contributed by atoms with E-state index in [2.05, 4.69) is 5.32 Å². The van der Waals surface area contributed by atoms with E-state index in [0.717, 1.165) is 16.7 Å². The Labute approximate surface area is 177 Å². The molecule has 2 aromatic rings. The Bertz CT molecular complexity index is 922. The van der Waals surface area contributed by atoms with Gasteiger partial charge < -0.3 is 19.5 Å². The van der Waals surface area contributed by atoms with Crippen molar-refractivity contribution in [2.45, 2.75) is 40.2 Å². The topological polar surface area (TPSA) is 73.9 Å². The third kappa shape index (κ3) is 5.53. The van der Waals surface area contributed by atoms with E-state index in [9.17, 15) is 9.59 Å². The van der Waals surface area contributed by atoms with Gasteiger partial charge in [-0.3, -0.25) is 9.59 Å². The second-order valence-corrected chi connectivity index (χ2v) is 7.95. The van der Waals surface area contributed by atoms with Crippen molar-refractivity contribution >= 4 is 11.9 Å². The molecule has 6 nitrogen and oxygen atoms in total. The summed E-state index contributed by atoms with van der Waals surface area (Å²) in [5.41, 5.74) is 4.09. The third-order valence-corrected chi connectivity index (χ3v) is 5.19. The summed E-state index contributed by atoms with van der Waals surface area (Å²) in [4.78, 5) is 24.6. The maximum Gasteiger partial charge on any atom is 0.310 e. The number of aryl methyl sites for hydroxylation is 2. The van der Waals surface area contributed by atoms with Crippen molar-refractivity contribution in [2.24, 2.45) is 5.92 Å². The summed E-state index contributed by atoms with van der Waals surface area (Å²) in [6.07, 6.45) is 0.143. The Kier molecular flexibility index (Phi) is 6.98. The molecule has 0 radical (unpaired) electrons. The lowest BCUT2D eigenvalue weighted by molar-refractivity contribution is -0.148. The van der Waals surface area contributed by atoms with Gasteiger partial charge in [0.25, 0.3) is 5.91 Å². The van der Waals surface area contributed by atoms with Gasteiger partial charge in [-0.05, 0) is 54.2 Å². The zero-order valence-electron chi connectivity index (χ0n) is 18.0. The van der Waals surface area contributed by atoms with Crippen molar-refractivity contribution in [3.05, 3.63) is 58.7 Å². The molecule has 0 aliphatic carbocycles. The highest BCUT2D eigenvalue weighted by Crippen LogP contribution is 2.34. The Balaban J connectivity index is 1.56. The summed E-state index contributed by atoms with van der Waals surface area (Å²) < 4.78 is 16.4. The van der Waals surface area contributed by atoms with E-state index in [-0.39, 0.29) is 30.9 Å². The van der Waals surface area contributed by atoms with E-state index in [1.165, 1.54) is 5.56 Å². The molecule has 1 atom stereocenters. The summed E-state index contributed by atoms with van der Waals surface area (Å²) in [6.45, 7) is 8.80. The van der Waals surface area contributed by atoms with Gasteiger partial charge >= 0.3 is 5.97 Å². The van der Waals surface area contributed by atoms with Crippen molar-refractivity contribution in [2.75, 3.05) is 19.8 Å². The summed E-state index contributed by atoms with van der Waals surface area (Å²) in [6, 6.07) is 11.3. The molecule has 0 spiro atoms. The monoisotopic (exact) mass is 411 g/mol. The van der Waals surface area contributed by atoms with Crippen LogP contribution < -0.4 is 14.8 Å². The lowest BCUT2D eigenvalue weighted by atomic mass is 9.95. The standard InChI is InChI=1S/C24H29NO5/c1-15(2)24(19-7-8-20-21(13-19)29-10-9-28-20)25-22(26)14-30-23(27)12-18-6-5-16(3)17(4)11-18/h5-8,11,13,15,24H,9-10,12,14H2,1-4H3,(H,25,26)/t24-/m1/s1. The molecule has 0 fully saturated rings. The lowest BCUT2D eigenvalue weighted by Gasteiger charge is -2.25. The van der Waals surface area contributed by atoms with Gasteiger partial charge in [0, 0.05) is 0 Å². The van der Waals surface area contributed by atoms with E-state index < -0.39 is 5.97 Å².